The third-order valence-corrected chi connectivity index (χ3v) is 6.01. The number of nitrogens with zero attached hydrogens (tertiary/aromatic N) is 1. The Hall–Kier alpha value is -2.61. The molecule has 2 atom stereocenters. The van der Waals surface area contributed by atoms with E-state index < -0.39 is 5.91 Å². The number of carbonyl (C=O) groups excluding carboxylic acids is 4. The number of benzene rings is 1. The molecular formula is C22H28ClN3O5. The number of hydrazine groups is 1. The number of aryl methyl sites for hydroxylation is 1. The lowest BCUT2D eigenvalue weighted by Crippen LogP contribution is -2.43. The minimum Gasteiger partial charge on any atom is -0.493 e. The Kier molecular flexibility index (Phi) is 7.90. The third-order valence-electron chi connectivity index (χ3n) is 5.78. The van der Waals surface area contributed by atoms with Gasteiger partial charge in [-0.05, 0) is 49.9 Å². The van der Waals surface area contributed by atoms with Crippen molar-refractivity contribution in [1.29, 1.82) is 0 Å². The molecule has 168 valence electrons. The fraction of sp³-hybridized carbons (Fsp3) is 0.545. The number of fused-ring (bicyclic) bond motifs is 1. The van der Waals surface area contributed by atoms with Crippen molar-refractivity contribution in [3.8, 4) is 5.75 Å². The summed E-state index contributed by atoms with van der Waals surface area (Å²) in [4.78, 5) is 49.9. The molecule has 1 saturated carbocycles. The maximum Gasteiger partial charge on any atom is 0.240 e. The van der Waals surface area contributed by atoms with Crippen LogP contribution < -0.4 is 15.6 Å². The number of amides is 4. The van der Waals surface area contributed by atoms with Gasteiger partial charge in [0.1, 0.15) is 5.75 Å². The molecular weight excluding hydrogens is 422 g/mol. The van der Waals surface area contributed by atoms with Gasteiger partial charge in [-0.1, -0.05) is 24.4 Å². The summed E-state index contributed by atoms with van der Waals surface area (Å²) in [6, 6.07) is 5.32. The van der Waals surface area contributed by atoms with Crippen LogP contribution in [0.5, 0.6) is 5.75 Å². The van der Waals surface area contributed by atoms with Crippen molar-refractivity contribution in [3.05, 3.63) is 28.8 Å². The zero-order valence-corrected chi connectivity index (χ0v) is 18.4. The summed E-state index contributed by atoms with van der Waals surface area (Å²) in [6.07, 6.45) is 4.03. The first kappa shape index (κ1) is 23.1. The molecule has 1 saturated heterocycles. The Morgan fingerprint density at radius 2 is 1.68 bits per heavy atom. The van der Waals surface area contributed by atoms with Crippen molar-refractivity contribution in [1.82, 2.24) is 15.8 Å². The Labute approximate surface area is 186 Å². The quantitative estimate of drug-likeness (QED) is 0.360. The van der Waals surface area contributed by atoms with Gasteiger partial charge in [0.25, 0.3) is 0 Å². The summed E-state index contributed by atoms with van der Waals surface area (Å²) in [5.74, 6) is -0.847. The SMILES string of the molecule is Cc1cc(Cl)ccc1OCCCC(=O)NNC(=O)CCN1C(=O)C2CCCCC2C1=O. The molecule has 31 heavy (non-hydrogen) atoms. The van der Waals surface area contributed by atoms with E-state index in [1.165, 1.54) is 4.90 Å². The molecule has 1 aromatic rings. The van der Waals surface area contributed by atoms with Gasteiger partial charge in [-0.2, -0.15) is 0 Å². The lowest BCUT2D eigenvalue weighted by molar-refractivity contribution is -0.140. The highest BCUT2D eigenvalue weighted by atomic mass is 35.5. The molecule has 2 N–H and O–H groups in total. The van der Waals surface area contributed by atoms with Crippen LogP contribution in [0.1, 0.15) is 50.5 Å². The van der Waals surface area contributed by atoms with E-state index in [1.807, 2.05) is 6.92 Å². The fourth-order valence-electron chi connectivity index (χ4n) is 4.12. The molecule has 1 aromatic carbocycles. The number of rotatable bonds is 8. The molecule has 4 amide bonds. The highest BCUT2D eigenvalue weighted by molar-refractivity contribution is 6.30. The normalized spacial score (nSPS) is 20.4. The van der Waals surface area contributed by atoms with Crippen molar-refractivity contribution in [2.75, 3.05) is 13.2 Å². The second-order valence-electron chi connectivity index (χ2n) is 8.03. The van der Waals surface area contributed by atoms with Gasteiger partial charge < -0.3 is 4.74 Å². The molecule has 1 heterocycles. The summed E-state index contributed by atoms with van der Waals surface area (Å²) >= 11 is 5.90. The standard InChI is InChI=1S/C22H28ClN3O5/c1-14-13-15(23)8-9-18(14)31-12-4-7-19(27)24-25-20(28)10-11-26-21(29)16-5-2-3-6-17(16)22(26)30/h8-9,13,16-17H,2-7,10-12H2,1H3,(H,24,27)(H,25,28). The van der Waals surface area contributed by atoms with E-state index in [4.69, 9.17) is 16.3 Å². The van der Waals surface area contributed by atoms with E-state index in [0.717, 1.165) is 31.2 Å². The minimum atomic E-state index is -0.447. The third kappa shape index (κ3) is 5.97. The van der Waals surface area contributed by atoms with Crippen LogP contribution in [0.2, 0.25) is 5.02 Å². The molecule has 0 aromatic heterocycles. The summed E-state index contributed by atoms with van der Waals surface area (Å²) in [6.45, 7) is 2.28. The number of hydrogen-bond donors (Lipinski definition) is 2. The second-order valence-corrected chi connectivity index (χ2v) is 8.47. The van der Waals surface area contributed by atoms with Crippen LogP contribution in [-0.4, -0.2) is 41.7 Å². The molecule has 8 nitrogen and oxygen atoms in total. The van der Waals surface area contributed by atoms with Crippen LogP contribution in [0.15, 0.2) is 18.2 Å². The zero-order chi connectivity index (χ0) is 22.4. The van der Waals surface area contributed by atoms with Crippen molar-refractivity contribution >= 4 is 35.2 Å². The second kappa shape index (κ2) is 10.6. The van der Waals surface area contributed by atoms with E-state index in [-0.39, 0.29) is 48.9 Å². The average Bonchev–Trinajstić information content (AvgIpc) is 2.99. The molecule has 9 heteroatoms. The van der Waals surface area contributed by atoms with Gasteiger partial charge in [0.05, 0.1) is 18.4 Å². The molecule has 0 bridgehead atoms. The predicted octanol–water partition coefficient (Wildman–Crippen LogP) is 2.52. The molecule has 1 aliphatic carbocycles. The van der Waals surface area contributed by atoms with E-state index in [2.05, 4.69) is 10.9 Å². The smallest absolute Gasteiger partial charge is 0.240 e. The number of likely N-dealkylation sites (tertiary alicyclic amines) is 1. The topological polar surface area (TPSA) is 105 Å². The van der Waals surface area contributed by atoms with Crippen LogP contribution >= 0.6 is 11.6 Å². The number of imide groups is 1. The van der Waals surface area contributed by atoms with Gasteiger partial charge in [-0.3, -0.25) is 34.9 Å². The fourth-order valence-corrected chi connectivity index (χ4v) is 4.35. The molecule has 2 aliphatic rings. The molecule has 0 radical (unpaired) electrons. The molecule has 2 fully saturated rings. The van der Waals surface area contributed by atoms with E-state index >= 15 is 0 Å². The van der Waals surface area contributed by atoms with E-state index in [0.29, 0.717) is 23.8 Å². The Bertz CT molecular complexity index is 836. The number of carbonyl (C=O) groups is 4. The van der Waals surface area contributed by atoms with Crippen LogP contribution in [0.4, 0.5) is 0 Å². The van der Waals surface area contributed by atoms with Crippen LogP contribution in [0, 0.1) is 18.8 Å². The number of hydrogen-bond acceptors (Lipinski definition) is 5. The van der Waals surface area contributed by atoms with Gasteiger partial charge in [0.15, 0.2) is 0 Å². The molecule has 3 rings (SSSR count). The lowest BCUT2D eigenvalue weighted by Gasteiger charge is -2.19. The Balaban J connectivity index is 1.31. The van der Waals surface area contributed by atoms with Gasteiger partial charge in [-0.15, -0.1) is 0 Å². The molecule has 0 spiro atoms. The highest BCUT2D eigenvalue weighted by Crippen LogP contribution is 2.37. The average molecular weight is 450 g/mol. The monoisotopic (exact) mass is 449 g/mol. The van der Waals surface area contributed by atoms with Crippen LogP contribution in [-0.2, 0) is 19.2 Å². The summed E-state index contributed by atoms with van der Waals surface area (Å²) in [5, 5.41) is 0.636. The van der Waals surface area contributed by atoms with Crippen molar-refractivity contribution in [3.63, 3.8) is 0 Å². The van der Waals surface area contributed by atoms with Crippen LogP contribution in [0.3, 0.4) is 0 Å². The van der Waals surface area contributed by atoms with Gasteiger partial charge in [-0.25, -0.2) is 0 Å². The highest BCUT2D eigenvalue weighted by Gasteiger charge is 2.47. The van der Waals surface area contributed by atoms with E-state index in [1.54, 1.807) is 18.2 Å². The first-order valence-corrected chi connectivity index (χ1v) is 11.1. The van der Waals surface area contributed by atoms with Crippen molar-refractivity contribution in [2.45, 2.75) is 51.9 Å². The summed E-state index contributed by atoms with van der Waals surface area (Å²) in [7, 11) is 0. The van der Waals surface area contributed by atoms with Gasteiger partial charge in [0.2, 0.25) is 23.6 Å². The minimum absolute atomic E-state index is 0.0423. The lowest BCUT2D eigenvalue weighted by atomic mass is 9.81. The number of ether oxygens (including phenoxy) is 1. The molecule has 1 aliphatic heterocycles. The Morgan fingerprint density at radius 3 is 2.29 bits per heavy atom. The van der Waals surface area contributed by atoms with E-state index in [9.17, 15) is 19.2 Å². The predicted molar refractivity (Wildman–Crippen MR) is 114 cm³/mol. The largest absolute Gasteiger partial charge is 0.493 e. The summed E-state index contributed by atoms with van der Waals surface area (Å²) in [5.41, 5.74) is 5.59. The number of halogens is 1. The Morgan fingerprint density at radius 1 is 1.06 bits per heavy atom. The first-order valence-electron chi connectivity index (χ1n) is 10.7. The van der Waals surface area contributed by atoms with Crippen LogP contribution in [0.25, 0.3) is 0 Å². The maximum atomic E-state index is 12.4. The summed E-state index contributed by atoms with van der Waals surface area (Å²) < 4.78 is 5.63. The van der Waals surface area contributed by atoms with Crippen molar-refractivity contribution in [2.24, 2.45) is 11.8 Å². The van der Waals surface area contributed by atoms with Crippen molar-refractivity contribution < 1.29 is 23.9 Å². The first-order chi connectivity index (χ1) is 14.9. The van der Waals surface area contributed by atoms with Gasteiger partial charge in [0, 0.05) is 24.4 Å². The molecule has 2 unspecified atom stereocenters. The number of nitrogens with one attached hydrogen (secondary N) is 2. The van der Waals surface area contributed by atoms with Gasteiger partial charge >= 0.3 is 0 Å². The maximum absolute atomic E-state index is 12.4. The zero-order valence-electron chi connectivity index (χ0n) is 17.6.